The van der Waals surface area contributed by atoms with Crippen molar-refractivity contribution in [3.63, 3.8) is 0 Å². The van der Waals surface area contributed by atoms with Gasteiger partial charge in [-0.1, -0.05) is 26.3 Å². The number of fused-ring (bicyclic) bond motifs is 1. The summed E-state index contributed by atoms with van der Waals surface area (Å²) in [5.41, 5.74) is 2.52. The fourth-order valence-corrected chi connectivity index (χ4v) is 2.13. The highest BCUT2D eigenvalue weighted by molar-refractivity contribution is 5.54. The van der Waals surface area contributed by atoms with Gasteiger partial charge in [0, 0.05) is 17.8 Å². The van der Waals surface area contributed by atoms with E-state index in [4.69, 9.17) is 0 Å². The molecule has 3 heteroatoms. The van der Waals surface area contributed by atoms with Crippen LogP contribution in [0, 0.1) is 0 Å². The second-order valence-electron chi connectivity index (χ2n) is 4.03. The molecule has 2 aromatic heterocycles. The van der Waals surface area contributed by atoms with Gasteiger partial charge in [0.15, 0.2) is 0 Å². The number of pyridine rings is 1. The van der Waals surface area contributed by atoms with E-state index in [2.05, 4.69) is 36.4 Å². The van der Waals surface area contributed by atoms with Gasteiger partial charge in [-0.3, -0.25) is 0 Å². The molecule has 0 saturated heterocycles. The lowest BCUT2D eigenvalue weighted by Crippen LogP contribution is -2.20. The van der Waals surface area contributed by atoms with Gasteiger partial charge >= 0.3 is 0 Å². The molecule has 0 aliphatic rings. The highest BCUT2D eigenvalue weighted by atomic mass is 15.2. The minimum atomic E-state index is 0.426. The van der Waals surface area contributed by atoms with E-state index >= 15 is 0 Å². The van der Waals surface area contributed by atoms with Crippen molar-refractivity contribution in [2.75, 3.05) is 6.54 Å². The number of nitrogens with zero attached hydrogens (tertiary/aromatic N) is 2. The van der Waals surface area contributed by atoms with Gasteiger partial charge in [-0.2, -0.15) is 5.10 Å². The average Bonchev–Trinajstić information content (AvgIpc) is 2.72. The molecule has 1 unspecified atom stereocenters. The predicted octanol–water partition coefficient (Wildman–Crippen LogP) is 2.79. The van der Waals surface area contributed by atoms with Crippen molar-refractivity contribution in [1.82, 2.24) is 14.9 Å². The van der Waals surface area contributed by atoms with E-state index in [-0.39, 0.29) is 0 Å². The van der Waals surface area contributed by atoms with Crippen molar-refractivity contribution in [1.29, 1.82) is 0 Å². The zero-order valence-corrected chi connectivity index (χ0v) is 9.98. The molecule has 1 atom stereocenters. The van der Waals surface area contributed by atoms with Crippen LogP contribution in [0.15, 0.2) is 30.6 Å². The molecule has 0 aromatic carbocycles. The van der Waals surface area contributed by atoms with E-state index < -0.39 is 0 Å². The van der Waals surface area contributed by atoms with E-state index in [0.717, 1.165) is 13.0 Å². The Balaban J connectivity index is 2.36. The van der Waals surface area contributed by atoms with Crippen LogP contribution in [-0.2, 0) is 0 Å². The van der Waals surface area contributed by atoms with Gasteiger partial charge in [-0.05, 0) is 25.1 Å². The topological polar surface area (TPSA) is 29.3 Å². The Morgan fingerprint density at radius 2 is 2.25 bits per heavy atom. The molecule has 0 aliphatic heterocycles. The molecule has 0 bridgehead atoms. The molecule has 0 fully saturated rings. The summed E-state index contributed by atoms with van der Waals surface area (Å²) in [5, 5.41) is 7.91. The van der Waals surface area contributed by atoms with Gasteiger partial charge in [-0.15, -0.1) is 0 Å². The Hall–Kier alpha value is -1.35. The summed E-state index contributed by atoms with van der Waals surface area (Å²) in [6.07, 6.45) is 6.32. The van der Waals surface area contributed by atoms with Gasteiger partial charge < -0.3 is 5.32 Å². The van der Waals surface area contributed by atoms with Crippen molar-refractivity contribution in [2.45, 2.75) is 32.7 Å². The Morgan fingerprint density at radius 1 is 1.38 bits per heavy atom. The first kappa shape index (κ1) is 11.1. The first-order valence-corrected chi connectivity index (χ1v) is 6.02. The van der Waals surface area contributed by atoms with Gasteiger partial charge in [0.1, 0.15) is 0 Å². The average molecular weight is 217 g/mol. The number of aromatic nitrogens is 2. The zero-order valence-electron chi connectivity index (χ0n) is 9.98. The van der Waals surface area contributed by atoms with Gasteiger partial charge in [0.2, 0.25) is 0 Å². The summed E-state index contributed by atoms with van der Waals surface area (Å²) in [7, 11) is 0. The minimum Gasteiger partial charge on any atom is -0.310 e. The number of hydrogen-bond acceptors (Lipinski definition) is 2. The summed E-state index contributed by atoms with van der Waals surface area (Å²) in [6, 6.07) is 6.62. The molecule has 3 nitrogen and oxygen atoms in total. The van der Waals surface area contributed by atoms with Crippen LogP contribution in [0.2, 0.25) is 0 Å². The molecule has 86 valence electrons. The standard InChI is InChI=1S/C13H19N3/c1-3-7-12(14-4-2)11-10-15-16-9-6-5-8-13(11)16/h5-6,8-10,12,14H,3-4,7H2,1-2H3. The van der Waals surface area contributed by atoms with Crippen LogP contribution in [0.4, 0.5) is 0 Å². The van der Waals surface area contributed by atoms with Gasteiger partial charge in [0.25, 0.3) is 0 Å². The van der Waals surface area contributed by atoms with E-state index in [9.17, 15) is 0 Å². The molecule has 2 rings (SSSR count). The largest absolute Gasteiger partial charge is 0.310 e. The lowest BCUT2D eigenvalue weighted by atomic mass is 10.0. The van der Waals surface area contributed by atoms with Crippen molar-refractivity contribution in [3.8, 4) is 0 Å². The molecule has 0 saturated carbocycles. The third-order valence-electron chi connectivity index (χ3n) is 2.86. The van der Waals surface area contributed by atoms with Crippen LogP contribution in [0.25, 0.3) is 5.52 Å². The van der Waals surface area contributed by atoms with Crippen LogP contribution in [0.1, 0.15) is 38.3 Å². The maximum atomic E-state index is 4.38. The fraction of sp³-hybridized carbons (Fsp3) is 0.462. The molecule has 2 heterocycles. The summed E-state index contributed by atoms with van der Waals surface area (Å²) >= 11 is 0. The van der Waals surface area contributed by atoms with Crippen LogP contribution in [0.5, 0.6) is 0 Å². The van der Waals surface area contributed by atoms with Crippen LogP contribution >= 0.6 is 0 Å². The maximum Gasteiger partial charge on any atom is 0.0709 e. The van der Waals surface area contributed by atoms with Crippen molar-refractivity contribution >= 4 is 5.52 Å². The summed E-state index contributed by atoms with van der Waals surface area (Å²) < 4.78 is 1.94. The van der Waals surface area contributed by atoms with Gasteiger partial charge in [0.05, 0.1) is 11.7 Å². The molecule has 1 N–H and O–H groups in total. The minimum absolute atomic E-state index is 0.426. The highest BCUT2D eigenvalue weighted by Gasteiger charge is 2.13. The lowest BCUT2D eigenvalue weighted by molar-refractivity contribution is 0.512. The van der Waals surface area contributed by atoms with E-state index in [1.807, 2.05) is 23.0 Å². The Kier molecular flexibility index (Phi) is 3.57. The fourth-order valence-electron chi connectivity index (χ4n) is 2.13. The number of nitrogens with one attached hydrogen (secondary N) is 1. The second kappa shape index (κ2) is 5.12. The third kappa shape index (κ3) is 2.09. The maximum absolute atomic E-state index is 4.38. The molecule has 0 aliphatic carbocycles. The molecule has 16 heavy (non-hydrogen) atoms. The first-order valence-electron chi connectivity index (χ1n) is 6.02. The van der Waals surface area contributed by atoms with E-state index in [1.165, 1.54) is 17.5 Å². The van der Waals surface area contributed by atoms with E-state index in [1.54, 1.807) is 0 Å². The summed E-state index contributed by atoms with van der Waals surface area (Å²) in [4.78, 5) is 0. The Morgan fingerprint density at radius 3 is 3.00 bits per heavy atom. The molecular formula is C13H19N3. The smallest absolute Gasteiger partial charge is 0.0709 e. The molecule has 0 radical (unpaired) electrons. The lowest BCUT2D eigenvalue weighted by Gasteiger charge is -2.15. The summed E-state index contributed by atoms with van der Waals surface area (Å²) in [6.45, 7) is 5.36. The molecular weight excluding hydrogens is 198 g/mol. The van der Waals surface area contributed by atoms with Crippen LogP contribution in [0.3, 0.4) is 0 Å². The first-order chi connectivity index (χ1) is 7.86. The number of rotatable bonds is 5. The van der Waals surface area contributed by atoms with Crippen molar-refractivity contribution in [3.05, 3.63) is 36.2 Å². The zero-order chi connectivity index (χ0) is 11.4. The SMILES string of the molecule is CCCC(NCC)c1cnn2ccccc12. The highest BCUT2D eigenvalue weighted by Crippen LogP contribution is 2.22. The predicted molar refractivity (Wildman–Crippen MR) is 66.5 cm³/mol. The van der Waals surface area contributed by atoms with Crippen LogP contribution in [-0.4, -0.2) is 16.2 Å². The Labute approximate surface area is 96.5 Å². The Bertz CT molecular complexity index is 441. The molecule has 0 amide bonds. The van der Waals surface area contributed by atoms with Crippen LogP contribution < -0.4 is 5.32 Å². The van der Waals surface area contributed by atoms with Gasteiger partial charge in [-0.25, -0.2) is 4.52 Å². The molecule has 2 aromatic rings. The quantitative estimate of drug-likeness (QED) is 0.834. The van der Waals surface area contributed by atoms with Crippen molar-refractivity contribution < 1.29 is 0 Å². The normalized spacial score (nSPS) is 13.1. The van der Waals surface area contributed by atoms with Crippen molar-refractivity contribution in [2.24, 2.45) is 0 Å². The van der Waals surface area contributed by atoms with E-state index in [0.29, 0.717) is 6.04 Å². The second-order valence-corrected chi connectivity index (χ2v) is 4.03. The monoisotopic (exact) mass is 217 g/mol. The summed E-state index contributed by atoms with van der Waals surface area (Å²) in [5.74, 6) is 0. The molecule has 0 spiro atoms. The number of hydrogen-bond donors (Lipinski definition) is 1. The third-order valence-corrected chi connectivity index (χ3v) is 2.86.